The molecule has 4 heteroatoms. The van der Waals surface area contributed by atoms with Crippen molar-refractivity contribution in [2.45, 2.75) is 18.1 Å². The fourth-order valence-corrected chi connectivity index (χ4v) is 3.07. The van der Waals surface area contributed by atoms with Gasteiger partial charge in [0.05, 0.1) is 5.92 Å². The first-order chi connectivity index (χ1) is 5.27. The molecule has 2 amide bonds. The highest BCUT2D eigenvalue weighted by Gasteiger charge is 2.39. The molecule has 0 saturated carbocycles. The van der Waals surface area contributed by atoms with E-state index in [9.17, 15) is 9.59 Å². The van der Waals surface area contributed by atoms with E-state index in [4.69, 9.17) is 0 Å². The summed E-state index contributed by atoms with van der Waals surface area (Å²) >= 11 is 1.75. The molecule has 0 aliphatic carbocycles. The first kappa shape index (κ1) is 7.16. The van der Waals surface area contributed by atoms with Crippen molar-refractivity contribution in [1.29, 1.82) is 0 Å². The number of piperidine rings is 1. The molecule has 2 unspecified atom stereocenters. The SMILES string of the molecule is O=C1CC2SCCC2C(=O)N1. The maximum absolute atomic E-state index is 11.1. The van der Waals surface area contributed by atoms with Crippen molar-refractivity contribution in [1.82, 2.24) is 5.32 Å². The zero-order chi connectivity index (χ0) is 7.84. The van der Waals surface area contributed by atoms with Gasteiger partial charge in [0.1, 0.15) is 0 Å². The summed E-state index contributed by atoms with van der Waals surface area (Å²) in [5.74, 6) is 0.968. The van der Waals surface area contributed by atoms with Crippen molar-refractivity contribution in [3.8, 4) is 0 Å². The molecule has 1 N–H and O–H groups in total. The fraction of sp³-hybridized carbons (Fsp3) is 0.714. The highest BCUT2D eigenvalue weighted by atomic mass is 32.2. The normalized spacial score (nSPS) is 36.7. The summed E-state index contributed by atoms with van der Waals surface area (Å²) in [5, 5.41) is 2.63. The van der Waals surface area contributed by atoms with Crippen LogP contribution in [0.2, 0.25) is 0 Å². The molecule has 2 heterocycles. The van der Waals surface area contributed by atoms with E-state index in [1.807, 2.05) is 0 Å². The third-order valence-corrected chi connectivity index (χ3v) is 3.59. The third-order valence-electron chi connectivity index (χ3n) is 2.20. The smallest absolute Gasteiger partial charge is 0.230 e. The Hall–Kier alpha value is -0.510. The average molecular weight is 171 g/mol. The van der Waals surface area contributed by atoms with Gasteiger partial charge in [0.25, 0.3) is 0 Å². The Bertz CT molecular complexity index is 216. The zero-order valence-corrected chi connectivity index (χ0v) is 6.82. The van der Waals surface area contributed by atoms with Gasteiger partial charge in [-0.2, -0.15) is 11.8 Å². The summed E-state index contributed by atoms with van der Waals surface area (Å²) in [5.41, 5.74) is 0. The van der Waals surface area contributed by atoms with Gasteiger partial charge in [-0.05, 0) is 12.2 Å². The maximum atomic E-state index is 11.1. The number of hydrogen-bond acceptors (Lipinski definition) is 3. The second-order valence-corrected chi connectivity index (χ2v) is 4.27. The second kappa shape index (κ2) is 2.52. The molecule has 60 valence electrons. The van der Waals surface area contributed by atoms with Crippen LogP contribution in [0.25, 0.3) is 0 Å². The summed E-state index contributed by atoms with van der Waals surface area (Å²) in [6.45, 7) is 0. The van der Waals surface area contributed by atoms with E-state index in [2.05, 4.69) is 5.32 Å². The Balaban J connectivity index is 2.16. The Morgan fingerprint density at radius 2 is 2.27 bits per heavy atom. The van der Waals surface area contributed by atoms with E-state index in [0.29, 0.717) is 6.42 Å². The lowest BCUT2D eigenvalue weighted by Crippen LogP contribution is -2.45. The van der Waals surface area contributed by atoms with Crippen LogP contribution in [0, 0.1) is 5.92 Å². The minimum atomic E-state index is -0.106. The molecule has 2 aliphatic rings. The van der Waals surface area contributed by atoms with Crippen molar-refractivity contribution >= 4 is 23.6 Å². The Morgan fingerprint density at radius 3 is 3.09 bits per heavy atom. The lowest BCUT2D eigenvalue weighted by molar-refractivity contribution is -0.135. The summed E-state index contributed by atoms with van der Waals surface area (Å²) in [4.78, 5) is 22.0. The highest BCUT2D eigenvalue weighted by Crippen LogP contribution is 2.36. The molecular weight excluding hydrogens is 162 g/mol. The van der Waals surface area contributed by atoms with Crippen molar-refractivity contribution < 1.29 is 9.59 Å². The van der Waals surface area contributed by atoms with Crippen LogP contribution in [0.15, 0.2) is 0 Å². The summed E-state index contributed by atoms with van der Waals surface area (Å²) in [7, 11) is 0. The molecule has 0 aromatic carbocycles. The molecule has 11 heavy (non-hydrogen) atoms. The van der Waals surface area contributed by atoms with Gasteiger partial charge in [-0.1, -0.05) is 0 Å². The van der Waals surface area contributed by atoms with Crippen LogP contribution >= 0.6 is 11.8 Å². The topological polar surface area (TPSA) is 46.2 Å². The number of fused-ring (bicyclic) bond motifs is 1. The van der Waals surface area contributed by atoms with Crippen LogP contribution in [0.5, 0.6) is 0 Å². The van der Waals surface area contributed by atoms with Gasteiger partial charge in [-0.25, -0.2) is 0 Å². The number of imide groups is 1. The van der Waals surface area contributed by atoms with Gasteiger partial charge in [0.2, 0.25) is 11.8 Å². The zero-order valence-electron chi connectivity index (χ0n) is 6.00. The first-order valence-corrected chi connectivity index (χ1v) is 4.77. The van der Waals surface area contributed by atoms with E-state index in [1.165, 1.54) is 0 Å². The van der Waals surface area contributed by atoms with Crippen LogP contribution in [0.4, 0.5) is 0 Å². The van der Waals surface area contributed by atoms with Gasteiger partial charge in [-0.3, -0.25) is 14.9 Å². The largest absolute Gasteiger partial charge is 0.296 e. The standard InChI is InChI=1S/C7H9NO2S/c9-6-3-5-4(1-2-11-5)7(10)8-6/h4-5H,1-3H2,(H,8,9,10). The van der Waals surface area contributed by atoms with Crippen molar-refractivity contribution in [2.75, 3.05) is 5.75 Å². The molecule has 0 bridgehead atoms. The molecule has 2 atom stereocenters. The number of amides is 2. The second-order valence-electron chi connectivity index (χ2n) is 2.92. The Kier molecular flexibility index (Phi) is 1.64. The van der Waals surface area contributed by atoms with E-state index >= 15 is 0 Å². The minimum Gasteiger partial charge on any atom is -0.296 e. The molecule has 2 saturated heterocycles. The van der Waals surface area contributed by atoms with E-state index in [0.717, 1.165) is 12.2 Å². The molecule has 0 radical (unpaired) electrons. The van der Waals surface area contributed by atoms with E-state index in [-0.39, 0.29) is 23.0 Å². The summed E-state index contributed by atoms with van der Waals surface area (Å²) in [6.07, 6.45) is 1.47. The van der Waals surface area contributed by atoms with Gasteiger partial charge in [0.15, 0.2) is 0 Å². The van der Waals surface area contributed by atoms with Crippen LogP contribution in [0.3, 0.4) is 0 Å². The molecular formula is C7H9NO2S. The highest BCUT2D eigenvalue weighted by molar-refractivity contribution is 8.00. The first-order valence-electron chi connectivity index (χ1n) is 3.72. The number of carbonyl (C=O) groups excluding carboxylic acids is 2. The predicted octanol–water partition coefficient (Wildman–Crippen LogP) is 0.155. The van der Waals surface area contributed by atoms with Gasteiger partial charge in [0, 0.05) is 11.7 Å². The van der Waals surface area contributed by atoms with Crippen LogP contribution in [0.1, 0.15) is 12.8 Å². The molecule has 2 rings (SSSR count). The fourth-order valence-electron chi connectivity index (χ4n) is 1.61. The van der Waals surface area contributed by atoms with Crippen LogP contribution in [-0.2, 0) is 9.59 Å². The monoisotopic (exact) mass is 171 g/mol. The molecule has 0 aromatic rings. The molecule has 2 fully saturated rings. The molecule has 0 spiro atoms. The Labute approximate surface area is 68.9 Å². The predicted molar refractivity (Wildman–Crippen MR) is 42.1 cm³/mol. The van der Waals surface area contributed by atoms with Gasteiger partial charge in [-0.15, -0.1) is 0 Å². The minimum absolute atomic E-state index is 0.0590. The molecule has 2 aliphatic heterocycles. The number of carbonyl (C=O) groups is 2. The number of rotatable bonds is 0. The summed E-state index contributed by atoms with van der Waals surface area (Å²) < 4.78 is 0. The van der Waals surface area contributed by atoms with Gasteiger partial charge < -0.3 is 0 Å². The van der Waals surface area contributed by atoms with Crippen LogP contribution in [-0.4, -0.2) is 22.8 Å². The average Bonchev–Trinajstić information content (AvgIpc) is 2.34. The maximum Gasteiger partial charge on any atom is 0.230 e. The number of nitrogens with one attached hydrogen (secondary N) is 1. The quantitative estimate of drug-likeness (QED) is 0.528. The van der Waals surface area contributed by atoms with Gasteiger partial charge >= 0.3 is 0 Å². The lowest BCUT2D eigenvalue weighted by atomic mass is 9.96. The molecule has 0 aromatic heterocycles. The van der Waals surface area contributed by atoms with Crippen molar-refractivity contribution in [3.63, 3.8) is 0 Å². The van der Waals surface area contributed by atoms with E-state index in [1.54, 1.807) is 11.8 Å². The molecule has 3 nitrogen and oxygen atoms in total. The third kappa shape index (κ3) is 1.15. The van der Waals surface area contributed by atoms with E-state index < -0.39 is 0 Å². The Morgan fingerprint density at radius 1 is 1.45 bits per heavy atom. The lowest BCUT2D eigenvalue weighted by Gasteiger charge is -2.22. The van der Waals surface area contributed by atoms with Crippen molar-refractivity contribution in [2.24, 2.45) is 5.92 Å². The van der Waals surface area contributed by atoms with Crippen LogP contribution < -0.4 is 5.32 Å². The number of thioether (sulfide) groups is 1. The number of hydrogen-bond donors (Lipinski definition) is 1. The summed E-state index contributed by atoms with van der Waals surface area (Å²) in [6, 6.07) is 0. The van der Waals surface area contributed by atoms with Crippen molar-refractivity contribution in [3.05, 3.63) is 0 Å².